The second-order valence-corrected chi connectivity index (χ2v) is 6.93. The predicted octanol–water partition coefficient (Wildman–Crippen LogP) is 5.50. The van der Waals surface area contributed by atoms with Gasteiger partial charge in [0.25, 0.3) is 11.8 Å². The Bertz CT molecular complexity index is 1020. The topological polar surface area (TPSA) is 70.5 Å². The van der Waals surface area contributed by atoms with Crippen LogP contribution in [0.5, 0.6) is 11.5 Å². The van der Waals surface area contributed by atoms with Crippen LogP contribution < -0.4 is 9.47 Å². The van der Waals surface area contributed by atoms with Gasteiger partial charge in [-0.2, -0.15) is 0 Å². The number of ether oxygens (including phenoxy) is 2. The SMILES string of the molecule is Cc1cc(-c2nnc(/C(Cl)=C/c3cc(Cl)c4c(c3)OCCCO4)o2)c(C)o1. The number of rotatable bonds is 3. The lowest BCUT2D eigenvalue weighted by Crippen LogP contribution is -1.97. The number of hydrogen-bond donors (Lipinski definition) is 0. The molecule has 0 fully saturated rings. The van der Waals surface area contributed by atoms with Gasteiger partial charge < -0.3 is 18.3 Å². The number of aromatic nitrogens is 2. The van der Waals surface area contributed by atoms with Crippen molar-refractivity contribution < 1.29 is 18.3 Å². The van der Waals surface area contributed by atoms with Crippen molar-refractivity contribution in [3.05, 3.63) is 46.2 Å². The van der Waals surface area contributed by atoms with Crippen LogP contribution in [-0.4, -0.2) is 23.4 Å². The maximum Gasteiger partial charge on any atom is 0.259 e. The number of halogens is 2. The summed E-state index contributed by atoms with van der Waals surface area (Å²) in [6.07, 6.45) is 2.49. The van der Waals surface area contributed by atoms with Gasteiger partial charge in [0.2, 0.25) is 0 Å². The van der Waals surface area contributed by atoms with E-state index in [0.717, 1.165) is 23.3 Å². The van der Waals surface area contributed by atoms with Gasteiger partial charge in [0, 0.05) is 6.42 Å². The predicted molar refractivity (Wildman–Crippen MR) is 102 cm³/mol. The van der Waals surface area contributed by atoms with Crippen molar-refractivity contribution in [1.82, 2.24) is 10.2 Å². The molecular weight excluding hydrogens is 391 g/mol. The highest BCUT2D eigenvalue weighted by Gasteiger charge is 2.18. The normalized spacial score (nSPS) is 14.3. The molecule has 27 heavy (non-hydrogen) atoms. The van der Waals surface area contributed by atoms with E-state index >= 15 is 0 Å². The van der Waals surface area contributed by atoms with Crippen molar-refractivity contribution in [1.29, 1.82) is 0 Å². The van der Waals surface area contributed by atoms with E-state index < -0.39 is 0 Å². The van der Waals surface area contributed by atoms with Crippen molar-refractivity contribution in [2.45, 2.75) is 20.3 Å². The summed E-state index contributed by atoms with van der Waals surface area (Å²) in [7, 11) is 0. The zero-order valence-electron chi connectivity index (χ0n) is 14.7. The second kappa shape index (κ2) is 7.29. The lowest BCUT2D eigenvalue weighted by Gasteiger charge is -2.10. The summed E-state index contributed by atoms with van der Waals surface area (Å²) < 4.78 is 22.5. The molecule has 0 atom stereocenters. The van der Waals surface area contributed by atoms with Crippen LogP contribution in [0, 0.1) is 13.8 Å². The van der Waals surface area contributed by atoms with E-state index in [1.54, 1.807) is 12.1 Å². The van der Waals surface area contributed by atoms with Crippen LogP contribution in [0.3, 0.4) is 0 Å². The molecule has 0 radical (unpaired) electrons. The van der Waals surface area contributed by atoms with E-state index in [4.69, 9.17) is 41.5 Å². The Morgan fingerprint density at radius 3 is 2.67 bits per heavy atom. The van der Waals surface area contributed by atoms with E-state index in [0.29, 0.717) is 41.4 Å². The third kappa shape index (κ3) is 3.68. The largest absolute Gasteiger partial charge is 0.489 e. The quantitative estimate of drug-likeness (QED) is 0.571. The summed E-state index contributed by atoms with van der Waals surface area (Å²) in [5.74, 6) is 3.17. The highest BCUT2D eigenvalue weighted by molar-refractivity contribution is 6.50. The standard InChI is InChI=1S/C19H16Cl2N2O4/c1-10-6-13(11(2)26-10)18-22-23-19(27-18)15(21)8-12-7-14(20)17-16(9-12)24-4-3-5-25-17/h6-9H,3-5H2,1-2H3/b15-8-. The molecule has 0 saturated heterocycles. The van der Waals surface area contributed by atoms with Gasteiger partial charge in [-0.25, -0.2) is 0 Å². The third-order valence-electron chi connectivity index (χ3n) is 4.02. The molecule has 0 aliphatic carbocycles. The van der Waals surface area contributed by atoms with Crippen molar-refractivity contribution >= 4 is 34.3 Å². The van der Waals surface area contributed by atoms with E-state index in [1.165, 1.54) is 0 Å². The number of benzene rings is 1. The highest BCUT2D eigenvalue weighted by atomic mass is 35.5. The second-order valence-electron chi connectivity index (χ2n) is 6.11. The molecule has 1 aliphatic rings. The van der Waals surface area contributed by atoms with Gasteiger partial charge in [-0.1, -0.05) is 23.2 Å². The van der Waals surface area contributed by atoms with Crippen molar-refractivity contribution in [3.63, 3.8) is 0 Å². The molecule has 140 valence electrons. The first-order valence-corrected chi connectivity index (χ1v) is 9.14. The van der Waals surface area contributed by atoms with E-state index in [1.807, 2.05) is 26.0 Å². The molecule has 0 N–H and O–H groups in total. The van der Waals surface area contributed by atoms with Gasteiger partial charge in [-0.15, -0.1) is 10.2 Å². The first kappa shape index (κ1) is 17.9. The van der Waals surface area contributed by atoms with Crippen LogP contribution in [-0.2, 0) is 0 Å². The molecule has 3 heterocycles. The molecule has 0 spiro atoms. The fraction of sp³-hybridized carbons (Fsp3) is 0.263. The Morgan fingerprint density at radius 1 is 1.07 bits per heavy atom. The van der Waals surface area contributed by atoms with Gasteiger partial charge in [-0.05, 0) is 43.7 Å². The fourth-order valence-corrected chi connectivity index (χ4v) is 3.29. The molecule has 0 unspecified atom stereocenters. The highest BCUT2D eigenvalue weighted by Crippen LogP contribution is 2.39. The molecule has 2 aromatic heterocycles. The average Bonchev–Trinajstić information content (AvgIpc) is 3.14. The first-order chi connectivity index (χ1) is 13.0. The smallest absolute Gasteiger partial charge is 0.259 e. The molecule has 4 rings (SSSR count). The Hall–Kier alpha value is -2.44. The van der Waals surface area contributed by atoms with Gasteiger partial charge in [0.15, 0.2) is 11.5 Å². The Kier molecular flexibility index (Phi) is 4.85. The molecule has 0 bridgehead atoms. The molecule has 6 nitrogen and oxygen atoms in total. The van der Waals surface area contributed by atoms with Crippen LogP contribution >= 0.6 is 23.2 Å². The van der Waals surface area contributed by atoms with E-state index in [2.05, 4.69) is 10.2 Å². The van der Waals surface area contributed by atoms with Crippen molar-refractivity contribution in [3.8, 4) is 23.0 Å². The Balaban J connectivity index is 1.64. The zero-order chi connectivity index (χ0) is 19.0. The maximum atomic E-state index is 6.38. The van der Waals surface area contributed by atoms with E-state index in [9.17, 15) is 0 Å². The molecule has 0 saturated carbocycles. The fourth-order valence-electron chi connectivity index (χ4n) is 2.81. The van der Waals surface area contributed by atoms with Crippen molar-refractivity contribution in [2.24, 2.45) is 0 Å². The molecule has 0 amide bonds. The van der Waals surface area contributed by atoms with Crippen LogP contribution in [0.1, 0.15) is 29.4 Å². The van der Waals surface area contributed by atoms with Crippen LogP contribution in [0.15, 0.2) is 27.0 Å². The van der Waals surface area contributed by atoms with Gasteiger partial charge in [0.1, 0.15) is 16.6 Å². The monoisotopic (exact) mass is 406 g/mol. The molecule has 1 aromatic carbocycles. The molecule has 8 heteroatoms. The van der Waals surface area contributed by atoms with Crippen LogP contribution in [0.4, 0.5) is 0 Å². The number of fused-ring (bicyclic) bond motifs is 1. The summed E-state index contributed by atoms with van der Waals surface area (Å²) in [5, 5.41) is 8.82. The Labute approximate surface area is 165 Å². The summed E-state index contributed by atoms with van der Waals surface area (Å²) in [6.45, 7) is 4.83. The van der Waals surface area contributed by atoms with Crippen LogP contribution in [0.25, 0.3) is 22.6 Å². The number of aryl methyl sites for hydroxylation is 2. The van der Waals surface area contributed by atoms with E-state index in [-0.39, 0.29) is 10.9 Å². The van der Waals surface area contributed by atoms with Gasteiger partial charge in [0.05, 0.1) is 23.8 Å². The minimum absolute atomic E-state index is 0.202. The number of hydrogen-bond acceptors (Lipinski definition) is 6. The summed E-state index contributed by atoms with van der Waals surface area (Å²) in [4.78, 5) is 0. The van der Waals surface area contributed by atoms with Crippen LogP contribution in [0.2, 0.25) is 5.02 Å². The lowest BCUT2D eigenvalue weighted by atomic mass is 10.2. The van der Waals surface area contributed by atoms with Gasteiger partial charge in [-0.3, -0.25) is 0 Å². The summed E-state index contributed by atoms with van der Waals surface area (Å²) in [6, 6.07) is 5.40. The zero-order valence-corrected chi connectivity index (χ0v) is 16.2. The molecule has 1 aliphatic heterocycles. The maximum absolute atomic E-state index is 6.38. The number of nitrogens with zero attached hydrogens (tertiary/aromatic N) is 2. The minimum atomic E-state index is 0.202. The average molecular weight is 407 g/mol. The van der Waals surface area contributed by atoms with Crippen molar-refractivity contribution in [2.75, 3.05) is 13.2 Å². The number of furan rings is 1. The third-order valence-corrected chi connectivity index (χ3v) is 4.57. The van der Waals surface area contributed by atoms with Gasteiger partial charge >= 0.3 is 0 Å². The Morgan fingerprint density at radius 2 is 1.89 bits per heavy atom. The minimum Gasteiger partial charge on any atom is -0.489 e. The summed E-state index contributed by atoms with van der Waals surface area (Å²) in [5.41, 5.74) is 1.48. The molecule has 3 aromatic rings. The summed E-state index contributed by atoms with van der Waals surface area (Å²) >= 11 is 12.7. The lowest BCUT2D eigenvalue weighted by molar-refractivity contribution is 0.297. The first-order valence-electron chi connectivity index (χ1n) is 8.39. The molecular formula is C19H16Cl2N2O4.